The number of carbonyl (C=O) groups excluding carboxylic acids is 1. The van der Waals surface area contributed by atoms with E-state index in [0.717, 1.165) is 11.1 Å². The van der Waals surface area contributed by atoms with Crippen molar-refractivity contribution in [3.63, 3.8) is 0 Å². The lowest BCUT2D eigenvalue weighted by atomic mass is 9.99. The number of nitrogens with zero attached hydrogens (tertiary/aromatic N) is 1. The maximum Gasteiger partial charge on any atom is 0.137 e. The van der Waals surface area contributed by atoms with Gasteiger partial charge in [-0.05, 0) is 18.1 Å². The Kier molecular flexibility index (Phi) is 4.85. The Morgan fingerprint density at radius 1 is 1.20 bits per heavy atom. The molecule has 1 aromatic heterocycles. The third-order valence-electron chi connectivity index (χ3n) is 3.29. The van der Waals surface area contributed by atoms with Gasteiger partial charge in [0.1, 0.15) is 5.78 Å². The van der Waals surface area contributed by atoms with Gasteiger partial charge in [0.15, 0.2) is 0 Å². The molecular weight excluding hydrogens is 250 g/mol. The lowest BCUT2D eigenvalue weighted by Gasteiger charge is -2.11. The Labute approximate surface area is 118 Å². The monoisotopic (exact) mass is 269 g/mol. The van der Waals surface area contributed by atoms with Crippen molar-refractivity contribution in [2.75, 3.05) is 5.73 Å². The van der Waals surface area contributed by atoms with E-state index in [9.17, 15) is 4.79 Å². The number of nitrogen functional groups attached to an aromatic ring is 1. The standard InChI is InChI=1S/C16H19N3O/c17-15(12-4-2-1-3-5-12)7-6-14(20)10-13-11-19-9-8-16(13)18/h1-5,8-9,11,15H,6-7,10,17H2,(H2,18,19). The van der Waals surface area contributed by atoms with Gasteiger partial charge in [0.05, 0.1) is 0 Å². The first kappa shape index (κ1) is 14.2. The van der Waals surface area contributed by atoms with E-state index in [1.807, 2.05) is 30.3 Å². The Hall–Kier alpha value is -2.20. The molecule has 2 aromatic rings. The third kappa shape index (κ3) is 3.90. The van der Waals surface area contributed by atoms with Crippen LogP contribution in [0.15, 0.2) is 48.8 Å². The molecule has 4 heteroatoms. The van der Waals surface area contributed by atoms with E-state index in [2.05, 4.69) is 4.98 Å². The van der Waals surface area contributed by atoms with Crippen molar-refractivity contribution in [2.45, 2.75) is 25.3 Å². The van der Waals surface area contributed by atoms with Crippen LogP contribution in [0.5, 0.6) is 0 Å². The van der Waals surface area contributed by atoms with Crippen LogP contribution in [0.25, 0.3) is 0 Å². The van der Waals surface area contributed by atoms with E-state index in [4.69, 9.17) is 11.5 Å². The zero-order chi connectivity index (χ0) is 14.4. The van der Waals surface area contributed by atoms with Crippen LogP contribution in [0.1, 0.15) is 30.0 Å². The van der Waals surface area contributed by atoms with Crippen LogP contribution >= 0.6 is 0 Å². The quantitative estimate of drug-likeness (QED) is 0.842. The van der Waals surface area contributed by atoms with Crippen LogP contribution in [0.2, 0.25) is 0 Å². The molecule has 0 amide bonds. The van der Waals surface area contributed by atoms with E-state index >= 15 is 0 Å². The maximum absolute atomic E-state index is 12.0. The second kappa shape index (κ2) is 6.82. The van der Waals surface area contributed by atoms with Crippen molar-refractivity contribution < 1.29 is 4.79 Å². The molecule has 0 aliphatic rings. The molecule has 2 rings (SSSR count). The van der Waals surface area contributed by atoms with Gasteiger partial charge in [0, 0.05) is 42.5 Å². The van der Waals surface area contributed by atoms with Gasteiger partial charge >= 0.3 is 0 Å². The number of nitrogens with two attached hydrogens (primary N) is 2. The zero-order valence-electron chi connectivity index (χ0n) is 11.3. The second-order valence-electron chi connectivity index (χ2n) is 4.85. The molecule has 0 fully saturated rings. The Morgan fingerprint density at radius 2 is 1.95 bits per heavy atom. The van der Waals surface area contributed by atoms with Gasteiger partial charge in [-0.2, -0.15) is 0 Å². The lowest BCUT2D eigenvalue weighted by Crippen LogP contribution is -2.13. The average Bonchev–Trinajstić information content (AvgIpc) is 2.48. The number of hydrogen-bond donors (Lipinski definition) is 2. The summed E-state index contributed by atoms with van der Waals surface area (Å²) in [7, 11) is 0. The van der Waals surface area contributed by atoms with Crippen LogP contribution < -0.4 is 11.5 Å². The summed E-state index contributed by atoms with van der Waals surface area (Å²) in [6.07, 6.45) is 4.67. The number of pyridine rings is 1. The third-order valence-corrected chi connectivity index (χ3v) is 3.29. The molecule has 20 heavy (non-hydrogen) atoms. The number of carbonyl (C=O) groups is 1. The second-order valence-corrected chi connectivity index (χ2v) is 4.85. The van der Waals surface area contributed by atoms with Crippen LogP contribution in [-0.2, 0) is 11.2 Å². The van der Waals surface area contributed by atoms with Crippen LogP contribution in [0, 0.1) is 0 Å². The fourth-order valence-corrected chi connectivity index (χ4v) is 2.07. The van der Waals surface area contributed by atoms with Gasteiger partial charge in [-0.1, -0.05) is 30.3 Å². The molecule has 0 radical (unpaired) electrons. The minimum absolute atomic E-state index is 0.105. The van der Waals surface area contributed by atoms with E-state index < -0.39 is 0 Å². The fourth-order valence-electron chi connectivity index (χ4n) is 2.07. The highest BCUT2D eigenvalue weighted by molar-refractivity contribution is 5.82. The molecule has 0 aliphatic carbocycles. The molecule has 4 N–H and O–H groups in total. The van der Waals surface area contributed by atoms with E-state index in [-0.39, 0.29) is 11.8 Å². The predicted octanol–water partition coefficient (Wildman–Crippen LogP) is 2.26. The maximum atomic E-state index is 12.0. The van der Waals surface area contributed by atoms with Crippen molar-refractivity contribution >= 4 is 11.5 Å². The van der Waals surface area contributed by atoms with Crippen molar-refractivity contribution in [3.8, 4) is 0 Å². The van der Waals surface area contributed by atoms with Gasteiger partial charge in [-0.3, -0.25) is 9.78 Å². The Balaban J connectivity index is 1.85. The molecule has 1 aromatic carbocycles. The molecule has 104 valence electrons. The van der Waals surface area contributed by atoms with Crippen LogP contribution in [-0.4, -0.2) is 10.8 Å². The van der Waals surface area contributed by atoms with Gasteiger partial charge < -0.3 is 11.5 Å². The number of Topliss-reactive ketones (excluding diaryl/α,β-unsaturated/α-hetero) is 1. The molecule has 0 spiro atoms. The Morgan fingerprint density at radius 3 is 2.65 bits per heavy atom. The average molecular weight is 269 g/mol. The number of hydrogen-bond acceptors (Lipinski definition) is 4. The molecule has 1 atom stereocenters. The Bertz CT molecular complexity index is 569. The van der Waals surface area contributed by atoms with E-state index in [1.54, 1.807) is 18.5 Å². The molecule has 0 bridgehead atoms. The summed E-state index contributed by atoms with van der Waals surface area (Å²) in [5.74, 6) is 0.135. The smallest absolute Gasteiger partial charge is 0.137 e. The summed E-state index contributed by atoms with van der Waals surface area (Å²) in [4.78, 5) is 15.9. The largest absolute Gasteiger partial charge is 0.398 e. The topological polar surface area (TPSA) is 82.0 Å². The number of aromatic nitrogens is 1. The minimum Gasteiger partial charge on any atom is -0.398 e. The molecule has 1 unspecified atom stereocenters. The van der Waals surface area contributed by atoms with Crippen molar-refractivity contribution in [2.24, 2.45) is 5.73 Å². The van der Waals surface area contributed by atoms with Gasteiger partial charge in [-0.25, -0.2) is 0 Å². The zero-order valence-corrected chi connectivity index (χ0v) is 11.3. The summed E-state index contributed by atoms with van der Waals surface area (Å²) >= 11 is 0. The number of anilines is 1. The molecule has 1 heterocycles. The molecule has 0 saturated heterocycles. The molecule has 4 nitrogen and oxygen atoms in total. The summed E-state index contributed by atoms with van der Waals surface area (Å²) in [5.41, 5.74) is 14.3. The van der Waals surface area contributed by atoms with Crippen molar-refractivity contribution in [1.82, 2.24) is 4.98 Å². The summed E-state index contributed by atoms with van der Waals surface area (Å²) in [6, 6.07) is 11.4. The van der Waals surface area contributed by atoms with Crippen LogP contribution in [0.4, 0.5) is 5.69 Å². The van der Waals surface area contributed by atoms with E-state index in [1.165, 1.54) is 0 Å². The molecule has 0 aliphatic heterocycles. The normalized spacial score (nSPS) is 12.1. The van der Waals surface area contributed by atoms with Gasteiger partial charge in [0.25, 0.3) is 0 Å². The highest BCUT2D eigenvalue weighted by Crippen LogP contribution is 2.17. The molecular formula is C16H19N3O. The number of rotatable bonds is 6. The highest BCUT2D eigenvalue weighted by atomic mass is 16.1. The predicted molar refractivity (Wildman–Crippen MR) is 80.0 cm³/mol. The summed E-state index contributed by atoms with van der Waals surface area (Å²) in [6.45, 7) is 0. The van der Waals surface area contributed by atoms with Crippen molar-refractivity contribution in [3.05, 3.63) is 59.9 Å². The summed E-state index contributed by atoms with van der Waals surface area (Å²) < 4.78 is 0. The first-order chi connectivity index (χ1) is 9.66. The first-order valence-corrected chi connectivity index (χ1v) is 6.67. The minimum atomic E-state index is -0.105. The first-order valence-electron chi connectivity index (χ1n) is 6.67. The van der Waals surface area contributed by atoms with Crippen LogP contribution in [0.3, 0.4) is 0 Å². The van der Waals surface area contributed by atoms with Gasteiger partial charge in [0.2, 0.25) is 0 Å². The SMILES string of the molecule is Nc1ccncc1CC(=O)CCC(N)c1ccccc1. The lowest BCUT2D eigenvalue weighted by molar-refractivity contribution is -0.118. The van der Waals surface area contributed by atoms with Gasteiger partial charge in [-0.15, -0.1) is 0 Å². The fraction of sp³-hybridized carbons (Fsp3) is 0.250. The number of benzene rings is 1. The highest BCUT2D eigenvalue weighted by Gasteiger charge is 2.11. The summed E-state index contributed by atoms with van der Waals surface area (Å²) in [5, 5.41) is 0. The number of ketones is 1. The molecule has 0 saturated carbocycles. The van der Waals surface area contributed by atoms with Crippen molar-refractivity contribution in [1.29, 1.82) is 0 Å². The van der Waals surface area contributed by atoms with E-state index in [0.29, 0.717) is 24.9 Å².